The van der Waals surface area contributed by atoms with Crippen LogP contribution < -0.4 is 0 Å². The van der Waals surface area contributed by atoms with Gasteiger partial charge in [-0.25, -0.2) is 0 Å². The Hall–Kier alpha value is -1.95. The van der Waals surface area contributed by atoms with E-state index < -0.39 is 30.6 Å². The molecule has 7 nitrogen and oxygen atoms in total. The fraction of sp³-hybridized carbons (Fsp3) is 0.412. The summed E-state index contributed by atoms with van der Waals surface area (Å²) in [4.78, 5) is 10.9. The van der Waals surface area contributed by atoms with Crippen LogP contribution >= 0.6 is 7.60 Å². The number of nitrogens with zero attached hydrogens (tertiary/aromatic N) is 1. The first kappa shape index (κ1) is 19.4. The van der Waals surface area contributed by atoms with Crippen LogP contribution in [0.4, 0.5) is 0 Å². The molecule has 0 spiro atoms. The minimum atomic E-state index is -3.65. The van der Waals surface area contributed by atoms with E-state index in [1.807, 2.05) is 6.07 Å². The van der Waals surface area contributed by atoms with Crippen LogP contribution in [0, 0.1) is 10.1 Å². The van der Waals surface area contributed by atoms with Crippen LogP contribution in [0.2, 0.25) is 0 Å². The van der Waals surface area contributed by atoms with Gasteiger partial charge >= 0.3 is 7.60 Å². The van der Waals surface area contributed by atoms with Crippen LogP contribution in [0.1, 0.15) is 36.6 Å². The molecule has 0 fully saturated rings. The summed E-state index contributed by atoms with van der Waals surface area (Å²) in [5.41, 5.74) is 0.447. The molecule has 25 heavy (non-hydrogen) atoms. The number of hydrogen-bond donors (Lipinski definition) is 0. The largest absolute Gasteiger partial charge is 0.472 e. The van der Waals surface area contributed by atoms with Crippen molar-refractivity contribution in [3.05, 3.63) is 70.2 Å². The van der Waals surface area contributed by atoms with Crippen molar-refractivity contribution in [2.45, 2.75) is 25.4 Å². The fourth-order valence-electron chi connectivity index (χ4n) is 2.88. The molecule has 0 N–H and O–H groups in total. The molecule has 2 aromatic rings. The lowest BCUT2D eigenvalue weighted by Gasteiger charge is -2.30. The molecule has 1 heterocycles. The number of furan rings is 1. The van der Waals surface area contributed by atoms with Crippen molar-refractivity contribution in [1.29, 1.82) is 0 Å². The molecule has 0 unspecified atom stereocenters. The number of benzene rings is 1. The van der Waals surface area contributed by atoms with Gasteiger partial charge in [0, 0.05) is 10.5 Å². The third kappa shape index (κ3) is 4.78. The average molecular weight is 367 g/mol. The maximum atomic E-state index is 13.5. The highest BCUT2D eigenvalue weighted by molar-refractivity contribution is 7.54. The molecule has 0 amide bonds. The number of nitro groups is 1. The third-order valence-electron chi connectivity index (χ3n) is 3.80. The molecule has 0 bridgehead atoms. The van der Waals surface area contributed by atoms with Crippen molar-refractivity contribution in [1.82, 2.24) is 0 Å². The van der Waals surface area contributed by atoms with Gasteiger partial charge in [0.2, 0.25) is 6.54 Å². The van der Waals surface area contributed by atoms with Crippen molar-refractivity contribution in [3.8, 4) is 0 Å². The minimum absolute atomic E-state index is 0.178. The van der Waals surface area contributed by atoms with Crippen LogP contribution in [0.25, 0.3) is 0 Å². The van der Waals surface area contributed by atoms with Gasteiger partial charge in [0.15, 0.2) is 0 Å². The van der Waals surface area contributed by atoms with E-state index in [1.165, 1.54) is 12.5 Å². The molecule has 8 heteroatoms. The Morgan fingerprint density at radius 1 is 1.12 bits per heavy atom. The lowest BCUT2D eigenvalue weighted by Crippen LogP contribution is -2.22. The summed E-state index contributed by atoms with van der Waals surface area (Å²) in [6, 6.07) is 10.6. The molecular weight excluding hydrogens is 345 g/mol. The Morgan fingerprint density at radius 3 is 2.24 bits per heavy atom. The zero-order chi connectivity index (χ0) is 18.3. The van der Waals surface area contributed by atoms with Crippen LogP contribution in [-0.2, 0) is 13.6 Å². The lowest BCUT2D eigenvalue weighted by atomic mass is 9.93. The van der Waals surface area contributed by atoms with Crippen LogP contribution in [0.15, 0.2) is 53.3 Å². The molecule has 136 valence electrons. The van der Waals surface area contributed by atoms with E-state index in [4.69, 9.17) is 13.5 Å². The molecule has 0 saturated carbocycles. The summed E-state index contributed by atoms with van der Waals surface area (Å²) in [5, 5.41) is 11.3. The molecule has 2 rings (SSSR count). The molecule has 0 aliphatic carbocycles. The highest BCUT2D eigenvalue weighted by atomic mass is 31.2. The van der Waals surface area contributed by atoms with Gasteiger partial charge in [0.25, 0.3) is 0 Å². The van der Waals surface area contributed by atoms with Crippen molar-refractivity contribution in [3.63, 3.8) is 0 Å². The first-order valence-corrected chi connectivity index (χ1v) is 9.70. The van der Waals surface area contributed by atoms with E-state index in [9.17, 15) is 14.7 Å². The van der Waals surface area contributed by atoms with E-state index >= 15 is 0 Å². The maximum Gasteiger partial charge on any atom is 0.338 e. The second kappa shape index (κ2) is 8.94. The van der Waals surface area contributed by atoms with Gasteiger partial charge in [0.1, 0.15) is 0 Å². The smallest absolute Gasteiger partial charge is 0.338 e. The molecular formula is C17H22NO6P. The normalized spacial score (nSPS) is 14.2. The Labute approximate surface area is 146 Å². The molecule has 0 radical (unpaired) electrons. The second-order valence-electron chi connectivity index (χ2n) is 5.41. The fourth-order valence-corrected chi connectivity index (χ4v) is 5.24. The predicted octanol–water partition coefficient (Wildman–Crippen LogP) is 4.65. The molecule has 1 aromatic carbocycles. The standard InChI is InChI=1S/C17H22NO6P/c1-3-23-25(21,24-4-2)17(14-8-6-5-7-9-14)16(12-18(19)20)15-10-11-22-13-15/h5-11,13,16-17H,3-4,12H2,1-2H3/t16-,17-/m0/s1. The van der Waals surface area contributed by atoms with Gasteiger partial charge in [-0.05, 0) is 25.5 Å². The van der Waals surface area contributed by atoms with Crippen LogP contribution in [-0.4, -0.2) is 24.7 Å². The number of rotatable bonds is 10. The van der Waals surface area contributed by atoms with E-state index in [0.29, 0.717) is 11.1 Å². The summed E-state index contributed by atoms with van der Waals surface area (Å²) in [5.74, 6) is -0.708. The first-order chi connectivity index (χ1) is 12.0. The monoisotopic (exact) mass is 367 g/mol. The zero-order valence-corrected chi connectivity index (χ0v) is 15.1. The summed E-state index contributed by atoms with van der Waals surface area (Å²) >= 11 is 0. The van der Waals surface area contributed by atoms with E-state index in [2.05, 4.69) is 0 Å². The molecule has 0 saturated heterocycles. The first-order valence-electron chi connectivity index (χ1n) is 8.09. The Morgan fingerprint density at radius 2 is 1.76 bits per heavy atom. The zero-order valence-electron chi connectivity index (χ0n) is 14.2. The van der Waals surface area contributed by atoms with E-state index in [0.717, 1.165) is 0 Å². The summed E-state index contributed by atoms with van der Waals surface area (Å²) < 4.78 is 29.7. The van der Waals surface area contributed by atoms with E-state index in [-0.39, 0.29) is 13.2 Å². The van der Waals surface area contributed by atoms with Crippen molar-refractivity contribution in [2.75, 3.05) is 19.8 Å². The quantitative estimate of drug-likeness (QED) is 0.345. The summed E-state index contributed by atoms with van der Waals surface area (Å²) in [7, 11) is -3.65. The van der Waals surface area contributed by atoms with Gasteiger partial charge in [-0.2, -0.15) is 0 Å². The Bertz CT molecular complexity index is 693. The number of hydrogen-bond acceptors (Lipinski definition) is 6. The lowest BCUT2D eigenvalue weighted by molar-refractivity contribution is -0.483. The van der Waals surface area contributed by atoms with Crippen LogP contribution in [0.3, 0.4) is 0 Å². The maximum absolute atomic E-state index is 13.5. The van der Waals surface area contributed by atoms with Gasteiger partial charge in [-0.15, -0.1) is 0 Å². The van der Waals surface area contributed by atoms with Crippen LogP contribution in [0.5, 0.6) is 0 Å². The highest BCUT2D eigenvalue weighted by Crippen LogP contribution is 2.65. The molecule has 1 aromatic heterocycles. The third-order valence-corrected chi connectivity index (χ3v) is 6.37. The van der Waals surface area contributed by atoms with Crippen molar-refractivity contribution in [2.24, 2.45) is 0 Å². The topological polar surface area (TPSA) is 91.8 Å². The molecule has 0 aliphatic heterocycles. The summed E-state index contributed by atoms with van der Waals surface area (Å²) in [6.07, 6.45) is 2.88. The Balaban J connectivity index is 2.59. The highest BCUT2D eigenvalue weighted by Gasteiger charge is 2.45. The van der Waals surface area contributed by atoms with Crippen molar-refractivity contribution < 1.29 is 23.0 Å². The second-order valence-corrected chi connectivity index (χ2v) is 7.56. The predicted molar refractivity (Wildman–Crippen MR) is 93.4 cm³/mol. The van der Waals surface area contributed by atoms with Crippen molar-refractivity contribution >= 4 is 7.60 Å². The molecule has 0 aliphatic rings. The van der Waals surface area contributed by atoms with Gasteiger partial charge in [-0.1, -0.05) is 30.3 Å². The van der Waals surface area contributed by atoms with E-state index in [1.54, 1.807) is 44.2 Å². The summed E-state index contributed by atoms with van der Waals surface area (Å²) in [6.45, 7) is 3.37. The van der Waals surface area contributed by atoms with Gasteiger partial charge in [0.05, 0.1) is 37.3 Å². The Kier molecular flexibility index (Phi) is 6.93. The average Bonchev–Trinajstić information content (AvgIpc) is 3.09. The van der Waals surface area contributed by atoms with Gasteiger partial charge in [-0.3, -0.25) is 14.7 Å². The molecule has 2 atom stereocenters. The van der Waals surface area contributed by atoms with Gasteiger partial charge < -0.3 is 13.5 Å². The minimum Gasteiger partial charge on any atom is -0.472 e. The SMILES string of the molecule is CCOP(=O)(OCC)[C@@H](c1ccccc1)[C@@H](C[N+](=O)[O-])c1ccoc1.